The van der Waals surface area contributed by atoms with Crippen molar-refractivity contribution in [1.29, 1.82) is 0 Å². The molecule has 2 aromatic rings. The van der Waals surface area contributed by atoms with Gasteiger partial charge in [0.05, 0.1) is 4.90 Å². The Morgan fingerprint density at radius 2 is 1.77 bits per heavy atom. The van der Waals surface area contributed by atoms with Crippen LogP contribution >= 0.6 is 0 Å². The van der Waals surface area contributed by atoms with E-state index in [1.54, 1.807) is 38.1 Å². The van der Waals surface area contributed by atoms with Crippen LogP contribution in [0, 0.1) is 13.8 Å². The molecule has 136 valence electrons. The molecule has 1 amide bonds. The highest BCUT2D eigenvalue weighted by atomic mass is 32.2. The Bertz CT molecular complexity index is 979. The van der Waals surface area contributed by atoms with Crippen LogP contribution in [-0.2, 0) is 14.8 Å². The average molecular weight is 373 g/mol. The van der Waals surface area contributed by atoms with Gasteiger partial charge < -0.3 is 9.47 Å². The van der Waals surface area contributed by atoms with Crippen LogP contribution in [0.15, 0.2) is 47.4 Å². The summed E-state index contributed by atoms with van der Waals surface area (Å²) < 4.78 is 37.8. The molecule has 1 aliphatic heterocycles. The second-order valence-electron chi connectivity index (χ2n) is 5.98. The summed E-state index contributed by atoms with van der Waals surface area (Å²) in [7, 11) is -3.93. The fourth-order valence-electron chi connectivity index (χ4n) is 2.55. The van der Waals surface area contributed by atoms with Crippen LogP contribution in [0.1, 0.15) is 16.7 Å². The summed E-state index contributed by atoms with van der Waals surface area (Å²) in [5.74, 6) is 0.526. The van der Waals surface area contributed by atoms with Crippen molar-refractivity contribution >= 4 is 22.0 Å². The smallest absolute Gasteiger partial charge is 0.264 e. The van der Waals surface area contributed by atoms with E-state index in [1.807, 2.05) is 6.07 Å². The van der Waals surface area contributed by atoms with Crippen LogP contribution in [0.4, 0.5) is 0 Å². The summed E-state index contributed by atoms with van der Waals surface area (Å²) >= 11 is 0. The third-order valence-electron chi connectivity index (χ3n) is 3.86. The molecule has 0 aliphatic carbocycles. The predicted molar refractivity (Wildman–Crippen MR) is 97.7 cm³/mol. The Kier molecular flexibility index (Phi) is 4.99. The Morgan fingerprint density at radius 1 is 1.04 bits per heavy atom. The van der Waals surface area contributed by atoms with E-state index in [-0.39, 0.29) is 4.90 Å². The monoisotopic (exact) mass is 373 g/mol. The van der Waals surface area contributed by atoms with Gasteiger partial charge in [-0.15, -0.1) is 0 Å². The number of sulfonamides is 1. The molecule has 1 heterocycles. The summed E-state index contributed by atoms with van der Waals surface area (Å²) in [6.45, 7) is 4.45. The third-order valence-corrected chi connectivity index (χ3v) is 5.35. The first kappa shape index (κ1) is 18.0. The fourth-order valence-corrected chi connectivity index (χ4v) is 3.83. The number of nitrogens with one attached hydrogen (secondary N) is 1. The van der Waals surface area contributed by atoms with E-state index in [9.17, 15) is 13.2 Å². The molecular weight excluding hydrogens is 354 g/mol. The molecule has 0 saturated heterocycles. The van der Waals surface area contributed by atoms with Crippen LogP contribution in [0.2, 0.25) is 0 Å². The molecule has 2 aromatic carbocycles. The molecule has 3 rings (SSSR count). The van der Waals surface area contributed by atoms with Crippen LogP contribution in [-0.4, -0.2) is 27.5 Å². The molecule has 0 atom stereocenters. The van der Waals surface area contributed by atoms with Crippen molar-refractivity contribution in [3.05, 3.63) is 59.2 Å². The second-order valence-corrected chi connectivity index (χ2v) is 7.63. The van der Waals surface area contributed by atoms with E-state index >= 15 is 0 Å². The van der Waals surface area contributed by atoms with Crippen LogP contribution in [0.3, 0.4) is 0 Å². The lowest BCUT2D eigenvalue weighted by Gasteiger charge is -2.18. The minimum absolute atomic E-state index is 0.0959. The zero-order valence-electron chi connectivity index (χ0n) is 14.5. The van der Waals surface area contributed by atoms with E-state index in [4.69, 9.17) is 9.47 Å². The highest BCUT2D eigenvalue weighted by Crippen LogP contribution is 2.31. The van der Waals surface area contributed by atoms with Gasteiger partial charge in [-0.25, -0.2) is 13.1 Å². The molecule has 0 bridgehead atoms. The molecule has 26 heavy (non-hydrogen) atoms. The maximum atomic E-state index is 12.4. The van der Waals surface area contributed by atoms with Gasteiger partial charge in [-0.3, -0.25) is 4.79 Å². The summed E-state index contributed by atoms with van der Waals surface area (Å²) in [6, 6.07) is 10.3. The van der Waals surface area contributed by atoms with Gasteiger partial charge in [-0.05, 0) is 54.8 Å². The number of fused-ring (bicyclic) bond motifs is 1. The predicted octanol–water partition coefficient (Wildman–Crippen LogP) is 2.59. The van der Waals surface area contributed by atoms with Gasteiger partial charge in [0.1, 0.15) is 13.2 Å². The van der Waals surface area contributed by atoms with E-state index in [0.717, 1.165) is 5.56 Å². The minimum Gasteiger partial charge on any atom is -0.486 e. The molecular formula is C19H19NO5S. The van der Waals surface area contributed by atoms with Gasteiger partial charge >= 0.3 is 0 Å². The Morgan fingerprint density at radius 3 is 2.54 bits per heavy atom. The first-order valence-corrected chi connectivity index (χ1v) is 9.55. The number of benzene rings is 2. The van der Waals surface area contributed by atoms with Crippen LogP contribution in [0.25, 0.3) is 6.08 Å². The molecule has 0 spiro atoms. The number of rotatable bonds is 4. The Balaban J connectivity index is 1.74. The highest BCUT2D eigenvalue weighted by Gasteiger charge is 2.19. The van der Waals surface area contributed by atoms with Crippen molar-refractivity contribution < 1.29 is 22.7 Å². The fraction of sp³-hybridized carbons (Fsp3) is 0.211. The summed E-state index contributed by atoms with van der Waals surface area (Å²) in [5, 5.41) is 0. The van der Waals surface area contributed by atoms with Crippen LogP contribution in [0.5, 0.6) is 11.5 Å². The lowest BCUT2D eigenvalue weighted by molar-refractivity contribution is -0.114. The third kappa shape index (κ3) is 4.05. The summed E-state index contributed by atoms with van der Waals surface area (Å²) in [5.41, 5.74) is 2.08. The molecule has 0 saturated carbocycles. The lowest BCUT2D eigenvalue weighted by Crippen LogP contribution is -2.29. The van der Waals surface area contributed by atoms with Crippen molar-refractivity contribution in [1.82, 2.24) is 4.72 Å². The maximum absolute atomic E-state index is 12.4. The molecule has 0 radical (unpaired) electrons. The number of amides is 1. The second kappa shape index (κ2) is 7.21. The molecule has 0 unspecified atom stereocenters. The average Bonchev–Trinajstić information content (AvgIpc) is 2.61. The van der Waals surface area contributed by atoms with Crippen molar-refractivity contribution in [3.63, 3.8) is 0 Å². The molecule has 1 aliphatic rings. The first-order chi connectivity index (χ1) is 12.3. The van der Waals surface area contributed by atoms with E-state index in [0.29, 0.717) is 35.8 Å². The molecule has 0 fully saturated rings. The largest absolute Gasteiger partial charge is 0.486 e. The topological polar surface area (TPSA) is 81.7 Å². The lowest BCUT2D eigenvalue weighted by atomic mass is 10.2. The summed E-state index contributed by atoms with van der Waals surface area (Å²) in [6.07, 6.45) is 2.69. The standard InChI is InChI=1S/C19H19NO5S/c1-13-3-4-14(2)18(11-13)26(22,23)20-19(21)8-6-15-5-7-16-17(12-15)25-10-9-24-16/h3-8,11-12H,9-10H2,1-2H3,(H,20,21). The zero-order valence-corrected chi connectivity index (χ0v) is 15.3. The molecule has 0 aromatic heterocycles. The quantitative estimate of drug-likeness (QED) is 0.833. The SMILES string of the molecule is Cc1ccc(C)c(S(=O)(=O)NC(=O)C=Cc2ccc3c(c2)OCCO3)c1. The van der Waals surface area contributed by atoms with Crippen molar-refractivity contribution in [3.8, 4) is 11.5 Å². The van der Waals surface area contributed by atoms with Gasteiger partial charge in [0.25, 0.3) is 15.9 Å². The molecule has 1 N–H and O–H groups in total. The van der Waals surface area contributed by atoms with Crippen LogP contribution < -0.4 is 14.2 Å². The Labute approximate surface area is 152 Å². The normalized spacial score (nSPS) is 13.6. The van der Waals surface area contributed by atoms with Gasteiger partial charge in [-0.2, -0.15) is 0 Å². The number of aryl methyl sites for hydroxylation is 2. The Hall–Kier alpha value is -2.80. The number of carbonyl (C=O) groups is 1. The number of ether oxygens (including phenoxy) is 2. The highest BCUT2D eigenvalue weighted by molar-refractivity contribution is 7.90. The number of hydrogen-bond acceptors (Lipinski definition) is 5. The molecule has 6 nitrogen and oxygen atoms in total. The van der Waals surface area contributed by atoms with E-state index in [1.165, 1.54) is 18.2 Å². The summed E-state index contributed by atoms with van der Waals surface area (Å²) in [4.78, 5) is 12.2. The van der Waals surface area contributed by atoms with Gasteiger partial charge in [0, 0.05) is 6.08 Å². The van der Waals surface area contributed by atoms with Gasteiger partial charge in [-0.1, -0.05) is 18.2 Å². The van der Waals surface area contributed by atoms with Crippen molar-refractivity contribution in [2.24, 2.45) is 0 Å². The number of carbonyl (C=O) groups excluding carboxylic acids is 1. The van der Waals surface area contributed by atoms with E-state index < -0.39 is 15.9 Å². The minimum atomic E-state index is -3.93. The van der Waals surface area contributed by atoms with Gasteiger partial charge in [0.15, 0.2) is 11.5 Å². The number of hydrogen-bond donors (Lipinski definition) is 1. The maximum Gasteiger partial charge on any atom is 0.264 e. The zero-order chi connectivity index (χ0) is 18.7. The van der Waals surface area contributed by atoms with E-state index in [2.05, 4.69) is 4.72 Å². The molecule has 7 heteroatoms. The van der Waals surface area contributed by atoms with Gasteiger partial charge in [0.2, 0.25) is 0 Å². The first-order valence-electron chi connectivity index (χ1n) is 8.07. The van der Waals surface area contributed by atoms with Crippen molar-refractivity contribution in [2.45, 2.75) is 18.7 Å². The van der Waals surface area contributed by atoms with Crippen molar-refractivity contribution in [2.75, 3.05) is 13.2 Å².